The molecule has 170 valence electrons. The molecule has 6 rings (SSSR count). The highest BCUT2D eigenvalue weighted by atomic mass is 16.2. The lowest BCUT2D eigenvalue weighted by molar-refractivity contribution is -0.123. The van der Waals surface area contributed by atoms with Crippen LogP contribution in [0.4, 0.5) is 0 Å². The molecule has 0 radical (unpaired) electrons. The Morgan fingerprint density at radius 1 is 1.09 bits per heavy atom. The molecule has 1 N–H and O–H groups in total. The first-order chi connectivity index (χ1) is 16.5. The fourth-order valence-corrected chi connectivity index (χ4v) is 5.27. The standard InChI is InChI=1S/C28H26N4O2/c1-17-5-10-29-24(12-17)20-15-31-27(32-16-20)21-4-7-28(8-9-28)23-3-2-18(13-22(21)23)26(34)19-6-11-30-25(33)14-19/h2-5,10,12-13,15-16,19H,6-9,11,14H2,1H3,(H,30,33). The molecule has 1 aliphatic heterocycles. The zero-order valence-corrected chi connectivity index (χ0v) is 19.2. The number of pyridine rings is 1. The van der Waals surface area contributed by atoms with Crippen molar-refractivity contribution in [3.05, 3.63) is 83.1 Å². The van der Waals surface area contributed by atoms with Gasteiger partial charge >= 0.3 is 0 Å². The van der Waals surface area contributed by atoms with Crippen LogP contribution in [0.3, 0.4) is 0 Å². The van der Waals surface area contributed by atoms with Gasteiger partial charge in [0.05, 0.1) is 5.69 Å². The first-order valence-corrected chi connectivity index (χ1v) is 11.9. The summed E-state index contributed by atoms with van der Waals surface area (Å²) in [6.07, 6.45) is 11.9. The molecule has 6 nitrogen and oxygen atoms in total. The van der Waals surface area contributed by atoms with Gasteiger partial charge in [-0.15, -0.1) is 0 Å². The van der Waals surface area contributed by atoms with Gasteiger partial charge in [-0.1, -0.05) is 18.2 Å². The van der Waals surface area contributed by atoms with E-state index >= 15 is 0 Å². The van der Waals surface area contributed by atoms with Crippen molar-refractivity contribution in [2.24, 2.45) is 5.92 Å². The molecule has 0 bridgehead atoms. The van der Waals surface area contributed by atoms with Crippen LogP contribution in [0.5, 0.6) is 0 Å². The Labute approximate surface area is 198 Å². The van der Waals surface area contributed by atoms with Crippen LogP contribution >= 0.6 is 0 Å². The SMILES string of the molecule is Cc1ccnc(-c2cnc(C3=CCC4(CC4)c4ccc(C(=O)C5CCNC(=O)C5)cc43)nc2)c1. The number of nitrogens with zero attached hydrogens (tertiary/aromatic N) is 3. The molecule has 1 unspecified atom stereocenters. The molecule has 6 heteroatoms. The fourth-order valence-electron chi connectivity index (χ4n) is 5.27. The number of Topliss-reactive ketones (excluding diaryl/α,β-unsaturated/α-hetero) is 1. The largest absolute Gasteiger partial charge is 0.356 e. The lowest BCUT2D eigenvalue weighted by Gasteiger charge is -2.26. The quantitative estimate of drug-likeness (QED) is 0.595. The van der Waals surface area contributed by atoms with E-state index in [9.17, 15) is 9.59 Å². The molecule has 1 aromatic carbocycles. The third-order valence-electron chi connectivity index (χ3n) is 7.44. The third kappa shape index (κ3) is 3.63. The van der Waals surface area contributed by atoms with E-state index in [0.29, 0.717) is 24.4 Å². The maximum Gasteiger partial charge on any atom is 0.220 e. The Kier molecular flexibility index (Phi) is 4.90. The second kappa shape index (κ2) is 7.97. The van der Waals surface area contributed by atoms with E-state index in [1.54, 1.807) is 6.20 Å². The Hall–Kier alpha value is -3.67. The highest BCUT2D eigenvalue weighted by Crippen LogP contribution is 2.56. The first kappa shape index (κ1) is 20.9. The number of hydrogen-bond donors (Lipinski definition) is 1. The number of amides is 1. The number of aryl methyl sites for hydroxylation is 1. The molecule has 1 spiro atoms. The van der Waals surface area contributed by atoms with E-state index in [4.69, 9.17) is 9.97 Å². The van der Waals surface area contributed by atoms with Gasteiger partial charge in [-0.2, -0.15) is 0 Å². The average Bonchev–Trinajstić information content (AvgIpc) is 3.64. The van der Waals surface area contributed by atoms with Crippen molar-refractivity contribution in [1.82, 2.24) is 20.3 Å². The number of aromatic nitrogens is 3. The van der Waals surface area contributed by atoms with E-state index in [-0.39, 0.29) is 29.4 Å². The smallest absolute Gasteiger partial charge is 0.220 e. The van der Waals surface area contributed by atoms with Gasteiger partial charge in [-0.25, -0.2) is 9.97 Å². The molecular formula is C28H26N4O2. The molecule has 1 atom stereocenters. The number of benzene rings is 1. The Morgan fingerprint density at radius 2 is 1.91 bits per heavy atom. The average molecular weight is 451 g/mol. The monoisotopic (exact) mass is 450 g/mol. The molecule has 3 aromatic rings. The van der Waals surface area contributed by atoms with Gasteiger partial charge in [0.25, 0.3) is 0 Å². The molecule has 3 heterocycles. The zero-order valence-electron chi connectivity index (χ0n) is 19.2. The summed E-state index contributed by atoms with van der Waals surface area (Å²) < 4.78 is 0. The lowest BCUT2D eigenvalue weighted by atomic mass is 9.78. The second-order valence-electron chi connectivity index (χ2n) is 9.78. The van der Waals surface area contributed by atoms with Gasteiger partial charge in [0, 0.05) is 54.2 Å². The molecule has 1 amide bonds. The van der Waals surface area contributed by atoms with Gasteiger partial charge in [0.1, 0.15) is 0 Å². The summed E-state index contributed by atoms with van der Waals surface area (Å²) in [7, 11) is 0. The van der Waals surface area contributed by atoms with Crippen molar-refractivity contribution >= 4 is 17.3 Å². The van der Waals surface area contributed by atoms with Gasteiger partial charge in [-0.3, -0.25) is 14.6 Å². The number of hydrogen-bond acceptors (Lipinski definition) is 5. The topological polar surface area (TPSA) is 84.8 Å². The number of piperidine rings is 1. The summed E-state index contributed by atoms with van der Waals surface area (Å²) >= 11 is 0. The molecule has 2 aromatic heterocycles. The summed E-state index contributed by atoms with van der Waals surface area (Å²) in [5, 5.41) is 2.81. The normalized spacial score (nSPS) is 20.3. The summed E-state index contributed by atoms with van der Waals surface area (Å²) in [6.45, 7) is 2.60. The highest BCUT2D eigenvalue weighted by molar-refractivity contribution is 6.01. The minimum absolute atomic E-state index is 0.0448. The maximum atomic E-state index is 13.2. The highest BCUT2D eigenvalue weighted by Gasteiger charge is 2.47. The van der Waals surface area contributed by atoms with Crippen LogP contribution in [-0.4, -0.2) is 33.2 Å². The number of fused-ring (bicyclic) bond motifs is 2. The number of nitrogens with one attached hydrogen (secondary N) is 1. The molecule has 1 saturated carbocycles. The molecule has 2 aliphatic carbocycles. The van der Waals surface area contributed by atoms with E-state index < -0.39 is 0 Å². The molecule has 3 aliphatic rings. The first-order valence-electron chi connectivity index (χ1n) is 11.9. The minimum Gasteiger partial charge on any atom is -0.356 e. The van der Waals surface area contributed by atoms with Crippen molar-refractivity contribution in [1.29, 1.82) is 0 Å². The van der Waals surface area contributed by atoms with Crippen LogP contribution in [0.1, 0.15) is 65.0 Å². The fraction of sp³-hybridized carbons (Fsp3) is 0.321. The molecule has 34 heavy (non-hydrogen) atoms. The van der Waals surface area contributed by atoms with Gasteiger partial charge in [0.2, 0.25) is 5.91 Å². The van der Waals surface area contributed by atoms with Gasteiger partial charge in [-0.05, 0) is 72.9 Å². The minimum atomic E-state index is -0.255. The molecule has 1 saturated heterocycles. The van der Waals surface area contributed by atoms with Crippen LogP contribution < -0.4 is 5.32 Å². The van der Waals surface area contributed by atoms with Crippen molar-refractivity contribution in [2.75, 3.05) is 6.54 Å². The van der Waals surface area contributed by atoms with Gasteiger partial charge in [0.15, 0.2) is 11.6 Å². The summed E-state index contributed by atoms with van der Waals surface area (Å²) in [6, 6.07) is 10.1. The van der Waals surface area contributed by atoms with Crippen LogP contribution in [0.25, 0.3) is 16.8 Å². The van der Waals surface area contributed by atoms with Crippen LogP contribution in [0, 0.1) is 12.8 Å². The van der Waals surface area contributed by atoms with Crippen molar-refractivity contribution < 1.29 is 9.59 Å². The van der Waals surface area contributed by atoms with Crippen molar-refractivity contribution in [2.45, 2.75) is 44.4 Å². The molecular weight excluding hydrogens is 424 g/mol. The van der Waals surface area contributed by atoms with Crippen molar-refractivity contribution in [3.63, 3.8) is 0 Å². The maximum absolute atomic E-state index is 13.2. The Bertz CT molecular complexity index is 1340. The summed E-state index contributed by atoms with van der Waals surface area (Å²) in [5.41, 5.74) is 7.05. The number of carbonyl (C=O) groups excluding carboxylic acids is 2. The number of allylic oxidation sites excluding steroid dienone is 1. The summed E-state index contributed by atoms with van der Waals surface area (Å²) in [4.78, 5) is 38.9. The van der Waals surface area contributed by atoms with E-state index in [1.165, 1.54) is 18.4 Å². The second-order valence-corrected chi connectivity index (χ2v) is 9.78. The Morgan fingerprint density at radius 3 is 2.65 bits per heavy atom. The predicted octanol–water partition coefficient (Wildman–Crippen LogP) is 4.42. The molecule has 2 fully saturated rings. The number of carbonyl (C=O) groups is 2. The zero-order chi connectivity index (χ0) is 23.3. The van der Waals surface area contributed by atoms with Crippen LogP contribution in [0.15, 0.2) is 55.0 Å². The summed E-state index contributed by atoms with van der Waals surface area (Å²) in [5.74, 6) is 0.413. The number of ketones is 1. The predicted molar refractivity (Wildman–Crippen MR) is 129 cm³/mol. The van der Waals surface area contributed by atoms with Crippen molar-refractivity contribution in [3.8, 4) is 11.3 Å². The van der Waals surface area contributed by atoms with Crippen LogP contribution in [0.2, 0.25) is 0 Å². The van der Waals surface area contributed by atoms with E-state index in [0.717, 1.165) is 34.4 Å². The van der Waals surface area contributed by atoms with E-state index in [1.807, 2.05) is 43.6 Å². The third-order valence-corrected chi connectivity index (χ3v) is 7.44. The van der Waals surface area contributed by atoms with Crippen LogP contribution in [-0.2, 0) is 10.2 Å². The van der Waals surface area contributed by atoms with E-state index in [2.05, 4.69) is 22.4 Å². The Balaban J connectivity index is 1.35. The van der Waals surface area contributed by atoms with Gasteiger partial charge < -0.3 is 5.32 Å². The lowest BCUT2D eigenvalue weighted by Crippen LogP contribution is -2.36. The number of rotatable bonds is 4.